The second-order valence-corrected chi connectivity index (χ2v) is 6.47. The molecule has 3 aromatic carbocycles. The van der Waals surface area contributed by atoms with E-state index in [-0.39, 0.29) is 11.7 Å². The van der Waals surface area contributed by atoms with Crippen LogP contribution in [-0.4, -0.2) is 11.7 Å². The van der Waals surface area contributed by atoms with Crippen molar-refractivity contribution in [3.63, 3.8) is 0 Å². The molecule has 0 spiro atoms. The van der Waals surface area contributed by atoms with Crippen LogP contribution in [0.3, 0.4) is 0 Å². The molecule has 0 unspecified atom stereocenters. The lowest BCUT2D eigenvalue weighted by atomic mass is 10.1. The number of hydrogen-bond donors (Lipinski definition) is 1. The van der Waals surface area contributed by atoms with E-state index in [1.165, 1.54) is 6.92 Å². The molecule has 30 heavy (non-hydrogen) atoms. The number of nitrogens with one attached hydrogen (secondary N) is 1. The molecule has 0 radical (unpaired) electrons. The molecule has 7 heteroatoms. The second kappa shape index (κ2) is 9.97. The van der Waals surface area contributed by atoms with Gasteiger partial charge in [-0.3, -0.25) is 9.59 Å². The number of carbonyl (C=O) groups excluding carboxylic acids is 2. The summed E-state index contributed by atoms with van der Waals surface area (Å²) in [6, 6.07) is 21.3. The van der Waals surface area contributed by atoms with Gasteiger partial charge >= 0.3 is 0 Å². The number of rotatable bonds is 7. The number of hydrogen-bond acceptors (Lipinski definition) is 6. The van der Waals surface area contributed by atoms with Gasteiger partial charge in [0.05, 0.1) is 22.7 Å². The predicted molar refractivity (Wildman–Crippen MR) is 117 cm³/mol. The SMILES string of the molecule is CCC(=O)c1ccc(N=Nc2ccc(N=Nc3ccc(NC(C)=O)cc3)cc2)cc1. The predicted octanol–water partition coefficient (Wildman–Crippen LogP) is 7.07. The molecule has 0 fully saturated rings. The molecule has 0 saturated heterocycles. The van der Waals surface area contributed by atoms with Crippen molar-refractivity contribution in [2.24, 2.45) is 20.5 Å². The highest BCUT2D eigenvalue weighted by molar-refractivity contribution is 5.96. The molecule has 0 atom stereocenters. The summed E-state index contributed by atoms with van der Waals surface area (Å²) in [4.78, 5) is 22.7. The fourth-order valence-electron chi connectivity index (χ4n) is 2.55. The van der Waals surface area contributed by atoms with Gasteiger partial charge in [0.2, 0.25) is 5.91 Å². The molecule has 0 bridgehead atoms. The third-order valence-corrected chi connectivity index (χ3v) is 4.11. The van der Waals surface area contributed by atoms with E-state index < -0.39 is 0 Å². The Morgan fingerprint density at radius 3 is 1.40 bits per heavy atom. The highest BCUT2D eigenvalue weighted by atomic mass is 16.1. The van der Waals surface area contributed by atoms with Crippen LogP contribution >= 0.6 is 0 Å². The lowest BCUT2D eigenvalue weighted by Gasteiger charge is -2.01. The maximum absolute atomic E-state index is 11.6. The fraction of sp³-hybridized carbons (Fsp3) is 0.130. The van der Waals surface area contributed by atoms with Crippen molar-refractivity contribution < 1.29 is 9.59 Å². The van der Waals surface area contributed by atoms with Gasteiger partial charge in [-0.2, -0.15) is 20.5 Å². The van der Waals surface area contributed by atoms with Gasteiger partial charge in [0.15, 0.2) is 5.78 Å². The minimum Gasteiger partial charge on any atom is -0.326 e. The lowest BCUT2D eigenvalue weighted by Crippen LogP contribution is -2.04. The van der Waals surface area contributed by atoms with Gasteiger partial charge in [-0.05, 0) is 72.8 Å². The number of carbonyl (C=O) groups is 2. The summed E-state index contributed by atoms with van der Waals surface area (Å²) < 4.78 is 0. The van der Waals surface area contributed by atoms with Crippen LogP contribution in [0.5, 0.6) is 0 Å². The van der Waals surface area contributed by atoms with Crippen LogP contribution in [0.1, 0.15) is 30.6 Å². The molecule has 3 aromatic rings. The molecule has 0 aromatic heterocycles. The molecule has 0 aliphatic heterocycles. The highest BCUT2D eigenvalue weighted by Gasteiger charge is 2.02. The van der Waals surface area contributed by atoms with Crippen LogP contribution in [-0.2, 0) is 4.79 Å². The molecular weight excluding hydrogens is 378 g/mol. The summed E-state index contributed by atoms with van der Waals surface area (Å²) in [5.41, 5.74) is 4.11. The zero-order chi connectivity index (χ0) is 21.3. The third-order valence-electron chi connectivity index (χ3n) is 4.11. The lowest BCUT2D eigenvalue weighted by molar-refractivity contribution is -0.114. The van der Waals surface area contributed by atoms with Crippen molar-refractivity contribution in [2.75, 3.05) is 5.32 Å². The average molecular weight is 399 g/mol. The first-order chi connectivity index (χ1) is 14.5. The summed E-state index contributed by atoms with van der Waals surface area (Å²) in [5.74, 6) is -0.0165. The highest BCUT2D eigenvalue weighted by Crippen LogP contribution is 2.24. The Morgan fingerprint density at radius 1 is 0.667 bits per heavy atom. The molecule has 7 nitrogen and oxygen atoms in total. The van der Waals surface area contributed by atoms with Crippen LogP contribution in [0, 0.1) is 0 Å². The Balaban J connectivity index is 1.60. The van der Waals surface area contributed by atoms with Crippen LogP contribution < -0.4 is 5.32 Å². The smallest absolute Gasteiger partial charge is 0.221 e. The van der Waals surface area contributed by atoms with Crippen molar-refractivity contribution in [1.29, 1.82) is 0 Å². The van der Waals surface area contributed by atoms with E-state index in [1.54, 1.807) is 72.8 Å². The Morgan fingerprint density at radius 2 is 1.03 bits per heavy atom. The van der Waals surface area contributed by atoms with Crippen LogP contribution in [0.25, 0.3) is 0 Å². The van der Waals surface area contributed by atoms with Crippen molar-refractivity contribution >= 4 is 40.1 Å². The molecule has 1 amide bonds. The quantitative estimate of drug-likeness (QED) is 0.340. The minimum absolute atomic E-state index is 0.104. The number of ketones is 1. The molecular formula is C23H21N5O2. The van der Waals surface area contributed by atoms with Gasteiger partial charge in [0, 0.05) is 24.6 Å². The van der Waals surface area contributed by atoms with E-state index >= 15 is 0 Å². The molecule has 0 heterocycles. The molecule has 0 saturated carbocycles. The van der Waals surface area contributed by atoms with Crippen LogP contribution in [0.15, 0.2) is 93.3 Å². The summed E-state index contributed by atoms with van der Waals surface area (Å²) >= 11 is 0. The van der Waals surface area contributed by atoms with Gasteiger partial charge < -0.3 is 5.32 Å². The monoisotopic (exact) mass is 399 g/mol. The Labute approximate surface area is 174 Å². The first-order valence-electron chi connectivity index (χ1n) is 9.48. The van der Waals surface area contributed by atoms with Gasteiger partial charge in [0.1, 0.15) is 0 Å². The zero-order valence-electron chi connectivity index (χ0n) is 16.7. The molecule has 0 aliphatic rings. The maximum Gasteiger partial charge on any atom is 0.221 e. The topological polar surface area (TPSA) is 95.6 Å². The van der Waals surface area contributed by atoms with E-state index in [9.17, 15) is 9.59 Å². The number of azo groups is 2. The van der Waals surface area contributed by atoms with E-state index in [0.29, 0.717) is 40.4 Å². The first-order valence-corrected chi connectivity index (χ1v) is 9.48. The van der Waals surface area contributed by atoms with Gasteiger partial charge in [-0.1, -0.05) is 6.92 Å². The van der Waals surface area contributed by atoms with E-state index in [0.717, 1.165) is 0 Å². The Bertz CT molecular complexity index is 1070. The number of benzene rings is 3. The summed E-state index contributed by atoms with van der Waals surface area (Å²) in [6.07, 6.45) is 0.479. The van der Waals surface area contributed by atoms with Crippen LogP contribution in [0.4, 0.5) is 28.4 Å². The van der Waals surface area contributed by atoms with Gasteiger partial charge in [-0.15, -0.1) is 0 Å². The summed E-state index contributed by atoms with van der Waals surface area (Å²) in [6.45, 7) is 3.30. The average Bonchev–Trinajstić information content (AvgIpc) is 2.77. The number of nitrogens with zero attached hydrogens (tertiary/aromatic N) is 4. The van der Waals surface area contributed by atoms with Crippen molar-refractivity contribution in [3.05, 3.63) is 78.4 Å². The van der Waals surface area contributed by atoms with Crippen molar-refractivity contribution in [3.8, 4) is 0 Å². The van der Waals surface area contributed by atoms with Crippen molar-refractivity contribution in [2.45, 2.75) is 20.3 Å². The number of Topliss-reactive ketones (excluding diaryl/α,β-unsaturated/α-hetero) is 1. The molecule has 1 N–H and O–H groups in total. The third kappa shape index (κ3) is 6.00. The van der Waals surface area contributed by atoms with Crippen LogP contribution in [0.2, 0.25) is 0 Å². The Kier molecular flexibility index (Phi) is 6.89. The standard InChI is InChI=1S/C23H21N5O2/c1-3-23(30)17-4-6-19(7-5-17)25-27-21-12-14-22(15-13-21)28-26-20-10-8-18(9-11-20)24-16(2)29/h4-15H,3H2,1-2H3,(H,24,29). The summed E-state index contributed by atoms with van der Waals surface area (Å²) in [7, 11) is 0. The zero-order valence-corrected chi connectivity index (χ0v) is 16.7. The Hall–Kier alpha value is -4.00. The molecule has 3 rings (SSSR count). The van der Waals surface area contributed by atoms with Crippen molar-refractivity contribution in [1.82, 2.24) is 0 Å². The minimum atomic E-state index is -0.120. The summed E-state index contributed by atoms with van der Waals surface area (Å²) in [5, 5.41) is 19.5. The second-order valence-electron chi connectivity index (χ2n) is 6.47. The number of anilines is 1. The van der Waals surface area contributed by atoms with E-state index in [2.05, 4.69) is 25.8 Å². The molecule has 150 valence electrons. The fourth-order valence-corrected chi connectivity index (χ4v) is 2.55. The van der Waals surface area contributed by atoms with Gasteiger partial charge in [0.25, 0.3) is 0 Å². The normalized spacial score (nSPS) is 11.1. The molecule has 0 aliphatic carbocycles. The van der Waals surface area contributed by atoms with E-state index in [4.69, 9.17) is 0 Å². The largest absolute Gasteiger partial charge is 0.326 e. The number of amides is 1. The first kappa shape index (κ1) is 20.7. The van der Waals surface area contributed by atoms with Gasteiger partial charge in [-0.25, -0.2) is 0 Å². The maximum atomic E-state index is 11.6. The van der Waals surface area contributed by atoms with E-state index in [1.807, 2.05) is 6.92 Å².